The van der Waals surface area contributed by atoms with Crippen LogP contribution in [-0.4, -0.2) is 35.6 Å². The first kappa shape index (κ1) is 14.4. The van der Waals surface area contributed by atoms with Crippen molar-refractivity contribution in [3.63, 3.8) is 0 Å². The van der Waals surface area contributed by atoms with E-state index in [1.54, 1.807) is 11.3 Å². The Balaban J connectivity index is 2.26. The second-order valence-electron chi connectivity index (χ2n) is 5.51. The maximum absolute atomic E-state index is 4.28. The fraction of sp³-hybridized carbons (Fsp3) is 0.615. The largest absolute Gasteiger partial charge is 0.308 e. The van der Waals surface area contributed by atoms with Crippen molar-refractivity contribution >= 4 is 11.3 Å². The summed E-state index contributed by atoms with van der Waals surface area (Å²) in [6.07, 6.45) is 0. The summed E-state index contributed by atoms with van der Waals surface area (Å²) in [7, 11) is 2.10. The predicted octanol–water partition coefficient (Wildman–Crippen LogP) is 2.52. The van der Waals surface area contributed by atoms with Gasteiger partial charge in [0, 0.05) is 30.6 Å². The standard InChI is InChI=1S/C13H23N3S/c1-11(6-15-13(2,3)4)7-16(5)8-12-9-17-10-14-12/h9-10,15H,1,6-8H2,2-5H3. The van der Waals surface area contributed by atoms with E-state index in [0.717, 1.165) is 25.3 Å². The van der Waals surface area contributed by atoms with E-state index >= 15 is 0 Å². The molecule has 1 rings (SSSR count). The van der Waals surface area contributed by atoms with E-state index in [2.05, 4.69) is 55.0 Å². The Morgan fingerprint density at radius 1 is 1.53 bits per heavy atom. The summed E-state index contributed by atoms with van der Waals surface area (Å²) in [4.78, 5) is 6.52. The van der Waals surface area contributed by atoms with Gasteiger partial charge < -0.3 is 5.32 Å². The van der Waals surface area contributed by atoms with Gasteiger partial charge in [0.2, 0.25) is 0 Å². The highest BCUT2D eigenvalue weighted by Crippen LogP contribution is 2.06. The van der Waals surface area contributed by atoms with Gasteiger partial charge in [-0.1, -0.05) is 6.58 Å². The van der Waals surface area contributed by atoms with Crippen molar-refractivity contribution in [1.82, 2.24) is 15.2 Å². The summed E-state index contributed by atoms with van der Waals surface area (Å²) in [5.41, 5.74) is 4.36. The van der Waals surface area contributed by atoms with E-state index in [9.17, 15) is 0 Å². The zero-order chi connectivity index (χ0) is 12.9. The minimum atomic E-state index is 0.149. The third kappa shape index (κ3) is 6.56. The molecule has 3 nitrogen and oxygen atoms in total. The average Bonchev–Trinajstić information content (AvgIpc) is 2.66. The molecule has 17 heavy (non-hydrogen) atoms. The molecule has 0 aliphatic heterocycles. The maximum atomic E-state index is 4.28. The molecule has 0 aromatic carbocycles. The minimum absolute atomic E-state index is 0.149. The summed E-state index contributed by atoms with van der Waals surface area (Å²) < 4.78 is 0. The number of hydrogen-bond donors (Lipinski definition) is 1. The molecule has 0 spiro atoms. The highest BCUT2D eigenvalue weighted by atomic mass is 32.1. The smallest absolute Gasteiger partial charge is 0.0795 e. The molecule has 0 fully saturated rings. The molecule has 0 amide bonds. The first-order valence-electron chi connectivity index (χ1n) is 5.84. The van der Waals surface area contributed by atoms with E-state index in [4.69, 9.17) is 0 Å². The fourth-order valence-electron chi connectivity index (χ4n) is 1.48. The van der Waals surface area contributed by atoms with Gasteiger partial charge in [-0.3, -0.25) is 4.90 Å². The van der Waals surface area contributed by atoms with Gasteiger partial charge in [-0.15, -0.1) is 11.3 Å². The molecule has 1 aromatic heterocycles. The molecule has 0 saturated heterocycles. The van der Waals surface area contributed by atoms with Crippen molar-refractivity contribution in [2.75, 3.05) is 20.1 Å². The van der Waals surface area contributed by atoms with Crippen LogP contribution in [0.3, 0.4) is 0 Å². The third-order valence-electron chi connectivity index (χ3n) is 2.28. The summed E-state index contributed by atoms with van der Waals surface area (Å²) in [6.45, 7) is 13.3. The normalized spacial score (nSPS) is 12.1. The molecule has 0 bridgehead atoms. The van der Waals surface area contributed by atoms with Crippen LogP contribution in [0, 0.1) is 0 Å². The SMILES string of the molecule is C=C(CNC(C)(C)C)CN(C)Cc1cscn1. The Labute approximate surface area is 109 Å². The van der Waals surface area contributed by atoms with E-state index in [1.165, 1.54) is 5.57 Å². The zero-order valence-electron chi connectivity index (χ0n) is 11.3. The zero-order valence-corrected chi connectivity index (χ0v) is 12.1. The molecule has 1 aromatic rings. The number of hydrogen-bond acceptors (Lipinski definition) is 4. The highest BCUT2D eigenvalue weighted by molar-refractivity contribution is 7.07. The molecule has 1 heterocycles. The molecule has 1 N–H and O–H groups in total. The number of rotatable bonds is 6. The third-order valence-corrected chi connectivity index (χ3v) is 2.91. The topological polar surface area (TPSA) is 28.2 Å². The molecule has 0 saturated carbocycles. The Hall–Kier alpha value is -0.710. The lowest BCUT2D eigenvalue weighted by Gasteiger charge is -2.23. The Bertz CT molecular complexity index is 338. The fourth-order valence-corrected chi connectivity index (χ4v) is 2.03. The van der Waals surface area contributed by atoms with Crippen LogP contribution < -0.4 is 5.32 Å². The molecule has 96 valence electrons. The summed E-state index contributed by atoms with van der Waals surface area (Å²) in [6, 6.07) is 0. The molecule has 0 radical (unpaired) electrons. The lowest BCUT2D eigenvalue weighted by molar-refractivity contribution is 0.343. The summed E-state index contributed by atoms with van der Waals surface area (Å²) in [5.74, 6) is 0. The minimum Gasteiger partial charge on any atom is -0.308 e. The van der Waals surface area contributed by atoms with Gasteiger partial charge in [0.15, 0.2) is 0 Å². The average molecular weight is 253 g/mol. The molecule has 0 atom stereocenters. The van der Waals surface area contributed by atoms with Crippen LogP contribution in [0.4, 0.5) is 0 Å². The molecule has 0 aliphatic rings. The monoisotopic (exact) mass is 253 g/mol. The van der Waals surface area contributed by atoms with E-state index < -0.39 is 0 Å². The quantitative estimate of drug-likeness (QED) is 0.790. The Morgan fingerprint density at radius 2 is 2.24 bits per heavy atom. The molecule has 0 aliphatic carbocycles. The molecule has 4 heteroatoms. The summed E-state index contributed by atoms with van der Waals surface area (Å²) in [5, 5.41) is 5.54. The van der Waals surface area contributed by atoms with E-state index in [-0.39, 0.29) is 5.54 Å². The van der Waals surface area contributed by atoms with Gasteiger partial charge in [-0.2, -0.15) is 0 Å². The molecule has 0 unspecified atom stereocenters. The van der Waals surface area contributed by atoms with E-state index in [1.807, 2.05) is 5.51 Å². The Kier molecular flexibility index (Phi) is 5.31. The lowest BCUT2D eigenvalue weighted by Crippen LogP contribution is -2.38. The second-order valence-corrected chi connectivity index (χ2v) is 6.22. The van der Waals surface area contributed by atoms with Gasteiger partial charge >= 0.3 is 0 Å². The van der Waals surface area contributed by atoms with Crippen LogP contribution >= 0.6 is 11.3 Å². The van der Waals surface area contributed by atoms with Gasteiger partial charge in [-0.25, -0.2) is 4.98 Å². The van der Waals surface area contributed by atoms with Crippen LogP contribution in [0.25, 0.3) is 0 Å². The van der Waals surface area contributed by atoms with Gasteiger partial charge in [0.05, 0.1) is 11.2 Å². The number of aromatic nitrogens is 1. The van der Waals surface area contributed by atoms with Crippen molar-refractivity contribution in [3.05, 3.63) is 28.7 Å². The van der Waals surface area contributed by atoms with Crippen molar-refractivity contribution in [2.45, 2.75) is 32.9 Å². The Morgan fingerprint density at radius 3 is 2.76 bits per heavy atom. The van der Waals surface area contributed by atoms with Crippen LogP contribution in [-0.2, 0) is 6.54 Å². The number of likely N-dealkylation sites (N-methyl/N-ethyl adjacent to an activating group) is 1. The van der Waals surface area contributed by atoms with Gasteiger partial charge in [-0.05, 0) is 33.4 Å². The number of thiazole rings is 1. The predicted molar refractivity (Wildman–Crippen MR) is 75.3 cm³/mol. The number of nitrogens with zero attached hydrogens (tertiary/aromatic N) is 2. The van der Waals surface area contributed by atoms with Crippen molar-refractivity contribution in [2.24, 2.45) is 0 Å². The van der Waals surface area contributed by atoms with Gasteiger partial charge in [0.1, 0.15) is 0 Å². The van der Waals surface area contributed by atoms with Crippen LogP contribution in [0.15, 0.2) is 23.0 Å². The van der Waals surface area contributed by atoms with Gasteiger partial charge in [0.25, 0.3) is 0 Å². The summed E-state index contributed by atoms with van der Waals surface area (Å²) >= 11 is 1.64. The van der Waals surface area contributed by atoms with Crippen molar-refractivity contribution in [1.29, 1.82) is 0 Å². The molecular formula is C13H23N3S. The van der Waals surface area contributed by atoms with E-state index in [0.29, 0.717) is 0 Å². The van der Waals surface area contributed by atoms with Crippen molar-refractivity contribution in [3.8, 4) is 0 Å². The van der Waals surface area contributed by atoms with Crippen LogP contribution in [0.2, 0.25) is 0 Å². The molecular weight excluding hydrogens is 230 g/mol. The second kappa shape index (κ2) is 6.28. The maximum Gasteiger partial charge on any atom is 0.0795 e. The first-order chi connectivity index (χ1) is 7.87. The van der Waals surface area contributed by atoms with Crippen LogP contribution in [0.5, 0.6) is 0 Å². The lowest BCUT2D eigenvalue weighted by atomic mass is 10.1. The highest BCUT2D eigenvalue weighted by Gasteiger charge is 2.10. The van der Waals surface area contributed by atoms with Crippen molar-refractivity contribution < 1.29 is 0 Å². The first-order valence-corrected chi connectivity index (χ1v) is 6.78. The number of nitrogens with one attached hydrogen (secondary N) is 1. The van der Waals surface area contributed by atoms with Crippen LogP contribution in [0.1, 0.15) is 26.5 Å².